The van der Waals surface area contributed by atoms with Gasteiger partial charge in [-0.3, -0.25) is 4.79 Å². The Morgan fingerprint density at radius 2 is 1.43 bits per heavy atom. The van der Waals surface area contributed by atoms with E-state index in [9.17, 15) is 14.7 Å². The molecule has 0 atom stereocenters. The molecule has 0 unspecified atom stereocenters. The predicted octanol–water partition coefficient (Wildman–Crippen LogP) is 6.40. The van der Waals surface area contributed by atoms with Crippen molar-refractivity contribution in [3.63, 3.8) is 0 Å². The Kier molecular flexibility index (Phi) is 7.42. The number of benzene rings is 3. The number of unbranched alkanes of at least 4 members (excludes halogenated alkanes) is 1. The minimum atomic E-state index is -1.06. The van der Waals surface area contributed by atoms with Gasteiger partial charge in [-0.1, -0.05) is 73.5 Å². The van der Waals surface area contributed by atoms with E-state index in [2.05, 4.69) is 31.2 Å². The number of Topliss-reactive ketones (excluding diaryl/α,β-unsaturated/α-hetero) is 1. The van der Waals surface area contributed by atoms with Crippen molar-refractivity contribution in [2.75, 3.05) is 0 Å². The van der Waals surface area contributed by atoms with Gasteiger partial charge >= 0.3 is 5.97 Å². The Morgan fingerprint density at radius 1 is 0.833 bits per heavy atom. The zero-order chi connectivity index (χ0) is 21.5. The first-order valence-electron chi connectivity index (χ1n) is 10.2. The van der Waals surface area contributed by atoms with Gasteiger partial charge in [0.15, 0.2) is 0 Å². The lowest BCUT2D eigenvalue weighted by Crippen LogP contribution is -2.11. The van der Waals surface area contributed by atoms with E-state index >= 15 is 0 Å². The number of aromatic carboxylic acids is 1. The molecule has 3 aromatic carbocycles. The molecule has 0 aromatic heterocycles. The van der Waals surface area contributed by atoms with Gasteiger partial charge in [-0.2, -0.15) is 0 Å². The van der Waals surface area contributed by atoms with E-state index in [0.29, 0.717) is 10.6 Å². The van der Waals surface area contributed by atoms with Gasteiger partial charge in [-0.15, -0.1) is 0 Å². The average Bonchev–Trinajstić information content (AvgIpc) is 2.73. The third kappa shape index (κ3) is 5.80. The maximum absolute atomic E-state index is 12.5. The number of carboxylic acid groups (broad SMARTS) is 1. The van der Waals surface area contributed by atoms with Crippen LogP contribution in [0.15, 0.2) is 66.7 Å². The summed E-state index contributed by atoms with van der Waals surface area (Å²) >= 11 is 5.97. The monoisotopic (exact) mass is 420 g/mol. The number of aryl methyl sites for hydroxylation is 1. The quantitative estimate of drug-likeness (QED) is 0.435. The fraction of sp³-hybridized carbons (Fsp3) is 0.231. The molecule has 0 heterocycles. The van der Waals surface area contributed by atoms with Crippen molar-refractivity contribution in [2.24, 2.45) is 0 Å². The largest absolute Gasteiger partial charge is 0.478 e. The number of rotatable bonds is 9. The van der Waals surface area contributed by atoms with Gasteiger partial charge in [0.2, 0.25) is 0 Å². The zero-order valence-electron chi connectivity index (χ0n) is 17.0. The molecule has 0 amide bonds. The van der Waals surface area contributed by atoms with Crippen LogP contribution in [0.2, 0.25) is 5.02 Å². The summed E-state index contributed by atoms with van der Waals surface area (Å²) in [5.74, 6) is -1.10. The van der Waals surface area contributed by atoms with Crippen molar-refractivity contribution < 1.29 is 14.7 Å². The molecule has 3 aromatic rings. The smallest absolute Gasteiger partial charge is 0.335 e. The molecule has 0 aliphatic heterocycles. The van der Waals surface area contributed by atoms with Crippen molar-refractivity contribution in [3.05, 3.63) is 94.0 Å². The predicted molar refractivity (Wildman–Crippen MR) is 121 cm³/mol. The molecule has 3 nitrogen and oxygen atoms in total. The average molecular weight is 421 g/mol. The van der Waals surface area contributed by atoms with Gasteiger partial charge < -0.3 is 5.11 Å². The van der Waals surface area contributed by atoms with Crippen LogP contribution in [0.4, 0.5) is 0 Å². The normalized spacial score (nSPS) is 10.7. The standard InChI is InChI=1S/C26H25ClO3/c1-2-3-4-18-5-9-20(10-6-18)21-11-7-19(8-12-21)15-24(28)17-22-16-23(27)13-14-25(22)26(29)30/h5-14,16H,2-4,15,17H2,1H3,(H,29,30). The Bertz CT molecular complexity index is 1020. The number of hydrogen-bond donors (Lipinski definition) is 1. The highest BCUT2D eigenvalue weighted by Crippen LogP contribution is 2.22. The Labute approximate surface area is 182 Å². The topological polar surface area (TPSA) is 54.4 Å². The fourth-order valence-corrected chi connectivity index (χ4v) is 3.67. The molecular formula is C26H25ClO3. The summed E-state index contributed by atoms with van der Waals surface area (Å²) < 4.78 is 0. The van der Waals surface area contributed by atoms with Crippen LogP contribution in [0.1, 0.15) is 46.8 Å². The number of carbonyl (C=O) groups excluding carboxylic acids is 1. The molecule has 3 rings (SSSR count). The minimum absolute atomic E-state index is 0.0448. The van der Waals surface area contributed by atoms with Crippen molar-refractivity contribution in [1.29, 1.82) is 0 Å². The number of hydrogen-bond acceptors (Lipinski definition) is 2. The van der Waals surface area contributed by atoms with Crippen molar-refractivity contribution in [3.8, 4) is 11.1 Å². The molecule has 0 aliphatic rings. The van der Waals surface area contributed by atoms with E-state index in [-0.39, 0.29) is 24.2 Å². The number of carbonyl (C=O) groups is 2. The van der Waals surface area contributed by atoms with E-state index in [4.69, 9.17) is 11.6 Å². The highest BCUT2D eigenvalue weighted by atomic mass is 35.5. The first-order chi connectivity index (χ1) is 14.5. The Morgan fingerprint density at radius 3 is 2.00 bits per heavy atom. The van der Waals surface area contributed by atoms with E-state index in [1.165, 1.54) is 30.5 Å². The Balaban J connectivity index is 1.65. The van der Waals surface area contributed by atoms with Crippen LogP contribution in [0.3, 0.4) is 0 Å². The summed E-state index contributed by atoms with van der Waals surface area (Å²) in [6.45, 7) is 2.20. The van der Waals surface area contributed by atoms with Crippen LogP contribution in [0.5, 0.6) is 0 Å². The van der Waals surface area contributed by atoms with E-state index in [1.54, 1.807) is 6.07 Å². The summed E-state index contributed by atoms with van der Waals surface area (Å²) in [5, 5.41) is 9.73. The molecule has 0 radical (unpaired) electrons. The van der Waals surface area contributed by atoms with Crippen molar-refractivity contribution in [2.45, 2.75) is 39.0 Å². The molecule has 30 heavy (non-hydrogen) atoms. The first-order valence-corrected chi connectivity index (χ1v) is 10.6. The van der Waals surface area contributed by atoms with Crippen LogP contribution in [-0.4, -0.2) is 16.9 Å². The van der Waals surface area contributed by atoms with Crippen LogP contribution in [0.25, 0.3) is 11.1 Å². The molecule has 0 bridgehead atoms. The van der Waals surface area contributed by atoms with Gasteiger partial charge in [-0.25, -0.2) is 4.79 Å². The molecule has 0 saturated heterocycles. The number of ketones is 1. The summed E-state index contributed by atoms with van der Waals surface area (Å²) in [6.07, 6.45) is 3.79. The number of halogens is 1. The van der Waals surface area contributed by atoms with Crippen LogP contribution < -0.4 is 0 Å². The lowest BCUT2D eigenvalue weighted by Gasteiger charge is -2.08. The van der Waals surface area contributed by atoms with Crippen molar-refractivity contribution in [1.82, 2.24) is 0 Å². The second-order valence-corrected chi connectivity index (χ2v) is 7.93. The van der Waals surface area contributed by atoms with Crippen LogP contribution >= 0.6 is 11.6 Å². The lowest BCUT2D eigenvalue weighted by atomic mass is 9.97. The minimum Gasteiger partial charge on any atom is -0.478 e. The van der Waals surface area contributed by atoms with Crippen LogP contribution in [0, 0.1) is 0 Å². The van der Waals surface area contributed by atoms with E-state index in [1.807, 2.05) is 24.3 Å². The molecule has 4 heteroatoms. The number of carboxylic acids is 1. The molecular weight excluding hydrogens is 396 g/mol. The van der Waals surface area contributed by atoms with Gasteiger partial charge in [0.1, 0.15) is 5.78 Å². The molecule has 0 fully saturated rings. The zero-order valence-corrected chi connectivity index (χ0v) is 17.8. The molecule has 1 N–H and O–H groups in total. The first kappa shape index (κ1) is 21.8. The van der Waals surface area contributed by atoms with E-state index < -0.39 is 5.97 Å². The van der Waals surface area contributed by atoms with Gasteiger partial charge in [0.05, 0.1) is 5.56 Å². The fourth-order valence-electron chi connectivity index (χ4n) is 3.48. The lowest BCUT2D eigenvalue weighted by molar-refractivity contribution is -0.117. The maximum atomic E-state index is 12.5. The van der Waals surface area contributed by atoms with Gasteiger partial charge in [0.25, 0.3) is 0 Å². The Hall–Kier alpha value is -2.91. The van der Waals surface area contributed by atoms with Gasteiger partial charge in [0, 0.05) is 17.9 Å². The summed E-state index contributed by atoms with van der Waals surface area (Å²) in [6, 6.07) is 21.1. The summed E-state index contributed by atoms with van der Waals surface area (Å²) in [5.41, 5.74) is 5.08. The van der Waals surface area contributed by atoms with Crippen LogP contribution in [-0.2, 0) is 24.1 Å². The molecule has 0 spiro atoms. The highest BCUT2D eigenvalue weighted by molar-refractivity contribution is 6.30. The van der Waals surface area contributed by atoms with E-state index in [0.717, 1.165) is 23.1 Å². The highest BCUT2D eigenvalue weighted by Gasteiger charge is 2.14. The second kappa shape index (κ2) is 10.2. The molecule has 154 valence electrons. The van der Waals surface area contributed by atoms with Crippen molar-refractivity contribution >= 4 is 23.4 Å². The third-order valence-corrected chi connectivity index (χ3v) is 5.38. The molecule has 0 saturated carbocycles. The summed E-state index contributed by atoms with van der Waals surface area (Å²) in [4.78, 5) is 23.9. The SMILES string of the molecule is CCCCc1ccc(-c2ccc(CC(=O)Cc3cc(Cl)ccc3C(=O)O)cc2)cc1. The van der Waals surface area contributed by atoms with Gasteiger partial charge in [-0.05, 0) is 58.9 Å². The second-order valence-electron chi connectivity index (χ2n) is 7.50. The summed E-state index contributed by atoms with van der Waals surface area (Å²) in [7, 11) is 0. The molecule has 0 aliphatic carbocycles. The maximum Gasteiger partial charge on any atom is 0.335 e. The third-order valence-electron chi connectivity index (χ3n) is 5.15.